The predicted molar refractivity (Wildman–Crippen MR) is 154 cm³/mol. The van der Waals surface area contributed by atoms with Crippen LogP contribution in [0.2, 0.25) is 0 Å². The summed E-state index contributed by atoms with van der Waals surface area (Å²) >= 11 is 0. The number of aryl methyl sites for hydroxylation is 4. The SMILES string of the molecule is Cc1ccc2c(c1)C(=O)c1cc(C)c(-c3ccc4c(c3)C3c5ccccc5C4c4c(C)ccc(C)c43)cc1-2. The Bertz CT molecular complexity index is 1890. The molecule has 4 aliphatic carbocycles. The molecule has 2 atom stereocenters. The van der Waals surface area contributed by atoms with Crippen molar-refractivity contribution in [2.75, 3.05) is 0 Å². The van der Waals surface area contributed by atoms with Gasteiger partial charge in [-0.3, -0.25) is 4.79 Å². The van der Waals surface area contributed by atoms with Gasteiger partial charge >= 0.3 is 0 Å². The fraction of sp³-hybridized carbons (Fsp3) is 0.162. The van der Waals surface area contributed by atoms with E-state index in [4.69, 9.17) is 0 Å². The van der Waals surface area contributed by atoms with E-state index in [0.717, 1.165) is 33.4 Å². The molecule has 0 aliphatic heterocycles. The molecule has 4 aliphatic rings. The van der Waals surface area contributed by atoms with E-state index in [2.05, 4.69) is 99.6 Å². The first-order valence-electron chi connectivity index (χ1n) is 13.6. The number of rotatable bonds is 1. The van der Waals surface area contributed by atoms with E-state index < -0.39 is 0 Å². The smallest absolute Gasteiger partial charge is 0.194 e. The second kappa shape index (κ2) is 7.42. The van der Waals surface area contributed by atoms with Gasteiger partial charge in [0.1, 0.15) is 0 Å². The Morgan fingerprint density at radius 1 is 0.474 bits per heavy atom. The van der Waals surface area contributed by atoms with Crippen molar-refractivity contribution in [3.63, 3.8) is 0 Å². The summed E-state index contributed by atoms with van der Waals surface area (Å²) in [6, 6.07) is 31.3. The zero-order chi connectivity index (χ0) is 25.9. The zero-order valence-electron chi connectivity index (χ0n) is 22.1. The molecule has 0 spiro atoms. The lowest BCUT2D eigenvalue weighted by Crippen LogP contribution is -2.29. The third kappa shape index (κ3) is 2.69. The van der Waals surface area contributed by atoms with Crippen molar-refractivity contribution in [1.82, 2.24) is 0 Å². The lowest BCUT2D eigenvalue weighted by Gasteiger charge is -2.44. The number of hydrogen-bond donors (Lipinski definition) is 0. The average Bonchev–Trinajstić information content (AvgIpc) is 3.19. The standard InChI is InChI=1S/C37H28O/c1-19-9-13-24-29-18-28(22(4)16-32(29)37(38)31(24)15-19)23-12-14-27-30(17-23)36-26-8-6-5-7-25(26)35(27)33-20(2)10-11-21(3)34(33)36/h5-18,35-36H,1-4H3. The molecule has 0 fully saturated rings. The van der Waals surface area contributed by atoms with E-state index in [1.807, 2.05) is 13.0 Å². The molecular formula is C37H28O. The van der Waals surface area contributed by atoms with Gasteiger partial charge in [0.25, 0.3) is 0 Å². The molecule has 0 amide bonds. The highest BCUT2D eigenvalue weighted by Crippen LogP contribution is 2.57. The maximum absolute atomic E-state index is 13.2. The van der Waals surface area contributed by atoms with E-state index in [9.17, 15) is 4.79 Å². The monoisotopic (exact) mass is 488 g/mol. The molecule has 38 heavy (non-hydrogen) atoms. The van der Waals surface area contributed by atoms with Crippen molar-refractivity contribution < 1.29 is 4.79 Å². The van der Waals surface area contributed by atoms with Gasteiger partial charge in [-0.15, -0.1) is 0 Å². The van der Waals surface area contributed by atoms with Crippen molar-refractivity contribution in [3.05, 3.63) is 152 Å². The van der Waals surface area contributed by atoms with Crippen molar-refractivity contribution in [2.45, 2.75) is 39.5 Å². The summed E-state index contributed by atoms with van der Waals surface area (Å²) in [6.45, 7) is 8.73. The first-order chi connectivity index (χ1) is 18.4. The third-order valence-electron chi connectivity index (χ3n) is 9.26. The minimum absolute atomic E-state index is 0.148. The molecule has 0 aromatic heterocycles. The fourth-order valence-corrected chi connectivity index (χ4v) is 7.53. The van der Waals surface area contributed by atoms with Crippen LogP contribution < -0.4 is 0 Å². The molecule has 5 aromatic carbocycles. The second-order valence-electron chi connectivity index (χ2n) is 11.5. The largest absolute Gasteiger partial charge is 0.289 e. The van der Waals surface area contributed by atoms with Crippen LogP contribution in [-0.2, 0) is 0 Å². The molecule has 182 valence electrons. The van der Waals surface area contributed by atoms with Crippen molar-refractivity contribution >= 4 is 5.78 Å². The summed E-state index contributed by atoms with van der Waals surface area (Å²) in [5, 5.41) is 0. The average molecular weight is 489 g/mol. The van der Waals surface area contributed by atoms with Gasteiger partial charge in [0.2, 0.25) is 0 Å². The zero-order valence-corrected chi connectivity index (χ0v) is 22.1. The summed E-state index contributed by atoms with van der Waals surface area (Å²) in [5.41, 5.74) is 20.0. The fourth-order valence-electron chi connectivity index (χ4n) is 7.53. The Hall–Kier alpha value is -4.23. The van der Waals surface area contributed by atoms with E-state index >= 15 is 0 Å². The number of hydrogen-bond acceptors (Lipinski definition) is 1. The number of fused-ring (bicyclic) bond motifs is 3. The van der Waals surface area contributed by atoms with Crippen LogP contribution >= 0.6 is 0 Å². The normalized spacial score (nSPS) is 17.5. The molecular weight excluding hydrogens is 460 g/mol. The van der Waals surface area contributed by atoms with Crippen molar-refractivity contribution in [3.8, 4) is 22.3 Å². The van der Waals surface area contributed by atoms with Crippen LogP contribution in [0.3, 0.4) is 0 Å². The van der Waals surface area contributed by atoms with Crippen LogP contribution in [0.4, 0.5) is 0 Å². The summed E-state index contributed by atoms with van der Waals surface area (Å²) in [5.74, 6) is 0.681. The molecule has 0 saturated carbocycles. The van der Waals surface area contributed by atoms with Gasteiger partial charge in [-0.1, -0.05) is 66.2 Å². The van der Waals surface area contributed by atoms with Crippen molar-refractivity contribution in [2.24, 2.45) is 0 Å². The number of ketones is 1. The minimum Gasteiger partial charge on any atom is -0.289 e. The molecule has 9 rings (SSSR count). The Morgan fingerprint density at radius 2 is 1.11 bits per heavy atom. The predicted octanol–water partition coefficient (Wildman–Crippen LogP) is 8.79. The molecule has 2 bridgehead atoms. The summed E-state index contributed by atoms with van der Waals surface area (Å²) in [6.07, 6.45) is 0. The minimum atomic E-state index is 0.148. The molecule has 2 unspecified atom stereocenters. The highest BCUT2D eigenvalue weighted by Gasteiger charge is 2.42. The Balaban J connectivity index is 1.34. The van der Waals surface area contributed by atoms with Crippen LogP contribution in [0.25, 0.3) is 22.3 Å². The first-order valence-corrected chi connectivity index (χ1v) is 13.6. The van der Waals surface area contributed by atoms with Crippen molar-refractivity contribution in [1.29, 1.82) is 0 Å². The van der Waals surface area contributed by atoms with E-state index in [0.29, 0.717) is 0 Å². The van der Waals surface area contributed by atoms with Crippen LogP contribution in [-0.4, -0.2) is 5.78 Å². The highest BCUT2D eigenvalue weighted by molar-refractivity contribution is 6.22. The van der Waals surface area contributed by atoms with Crippen LogP contribution in [0.15, 0.2) is 84.9 Å². The van der Waals surface area contributed by atoms with Gasteiger partial charge in [0.15, 0.2) is 5.78 Å². The summed E-state index contributed by atoms with van der Waals surface area (Å²) in [4.78, 5) is 13.2. The lowest BCUT2D eigenvalue weighted by molar-refractivity contribution is 0.104. The molecule has 5 aromatic rings. The Labute approximate surface area is 223 Å². The van der Waals surface area contributed by atoms with E-state index in [1.165, 1.54) is 55.6 Å². The maximum Gasteiger partial charge on any atom is 0.194 e. The maximum atomic E-state index is 13.2. The van der Waals surface area contributed by atoms with Gasteiger partial charge in [-0.2, -0.15) is 0 Å². The van der Waals surface area contributed by atoms with Gasteiger partial charge in [0.05, 0.1) is 0 Å². The molecule has 1 heteroatoms. The summed E-state index contributed by atoms with van der Waals surface area (Å²) < 4.78 is 0. The Kier molecular flexibility index (Phi) is 4.26. The molecule has 0 heterocycles. The quantitative estimate of drug-likeness (QED) is 0.226. The van der Waals surface area contributed by atoms with Crippen LogP contribution in [0.5, 0.6) is 0 Å². The first kappa shape index (κ1) is 21.8. The van der Waals surface area contributed by atoms with Crippen LogP contribution in [0, 0.1) is 27.7 Å². The number of carbonyl (C=O) groups is 1. The van der Waals surface area contributed by atoms with Gasteiger partial charge in [-0.25, -0.2) is 0 Å². The van der Waals surface area contributed by atoms with Gasteiger partial charge in [0, 0.05) is 23.0 Å². The number of benzene rings is 5. The van der Waals surface area contributed by atoms with Gasteiger partial charge in [-0.05, 0) is 124 Å². The highest BCUT2D eigenvalue weighted by atomic mass is 16.1. The summed E-state index contributed by atoms with van der Waals surface area (Å²) in [7, 11) is 0. The molecule has 0 radical (unpaired) electrons. The molecule has 0 N–H and O–H groups in total. The second-order valence-corrected chi connectivity index (χ2v) is 11.5. The lowest BCUT2D eigenvalue weighted by atomic mass is 9.59. The van der Waals surface area contributed by atoms with Gasteiger partial charge < -0.3 is 0 Å². The number of carbonyl (C=O) groups excluding carboxylic acids is 1. The van der Waals surface area contributed by atoms with E-state index in [1.54, 1.807) is 0 Å². The molecule has 1 nitrogen and oxygen atoms in total. The third-order valence-corrected chi connectivity index (χ3v) is 9.26. The van der Waals surface area contributed by atoms with E-state index in [-0.39, 0.29) is 17.6 Å². The topological polar surface area (TPSA) is 17.1 Å². The Morgan fingerprint density at radius 3 is 1.82 bits per heavy atom. The van der Waals surface area contributed by atoms with Crippen LogP contribution in [0.1, 0.15) is 83.4 Å². The molecule has 0 saturated heterocycles.